The number of hydrogen-bond donors (Lipinski definition) is 1. The van der Waals surface area contributed by atoms with Gasteiger partial charge in [0, 0.05) is 25.3 Å². The van der Waals surface area contributed by atoms with Gasteiger partial charge < -0.3 is 20.3 Å². The molecule has 0 radical (unpaired) electrons. The molecule has 30 heavy (non-hydrogen) atoms. The summed E-state index contributed by atoms with van der Waals surface area (Å²) in [6.07, 6.45) is 1.26. The maximum absolute atomic E-state index is 13.1. The fourth-order valence-corrected chi connectivity index (χ4v) is 3.98. The molecule has 3 amide bonds. The molecular weight excluding hydrogens is 408 g/mol. The molecule has 10 heteroatoms. The maximum Gasteiger partial charge on any atom is 0.324 e. The largest absolute Gasteiger partial charge is 0.475 e. The van der Waals surface area contributed by atoms with Gasteiger partial charge in [-0.2, -0.15) is 0 Å². The second kappa shape index (κ2) is 7.98. The number of anilines is 3. The molecule has 2 aliphatic rings. The summed E-state index contributed by atoms with van der Waals surface area (Å²) < 4.78 is 5.56. The van der Waals surface area contributed by atoms with Gasteiger partial charge in [0.1, 0.15) is 24.3 Å². The van der Waals surface area contributed by atoms with E-state index in [0.29, 0.717) is 48.5 Å². The fourth-order valence-electron chi connectivity index (χ4n) is 3.71. The lowest BCUT2D eigenvalue weighted by Gasteiger charge is -2.24. The monoisotopic (exact) mass is 430 g/mol. The first-order valence-electron chi connectivity index (χ1n) is 9.78. The number of carbonyl (C=O) groups is 2. The lowest BCUT2D eigenvalue weighted by molar-refractivity contribution is 0.0990. The van der Waals surface area contributed by atoms with Crippen LogP contribution in [0.4, 0.5) is 22.0 Å². The SMILES string of the molecule is CC(C)CN1CCN(c2ccc(N3CCOc4ncnc(N)c4C3=O)cc2Cl)C1=O. The number of aromatic nitrogens is 2. The molecule has 2 aromatic rings. The Hall–Kier alpha value is -3.07. The van der Waals surface area contributed by atoms with Crippen molar-refractivity contribution in [3.05, 3.63) is 35.1 Å². The standard InChI is InChI=1S/C20H23ClN6O3/c1-12(2)10-25-5-6-27(20(25)29)15-4-3-13(9-14(15)21)26-7-8-30-18-16(19(26)28)17(22)23-11-24-18/h3-4,9,11-12H,5-8,10H2,1-2H3,(H2,22,23,24). The van der Waals surface area contributed by atoms with Gasteiger partial charge in [0.15, 0.2) is 0 Å². The molecule has 0 spiro atoms. The van der Waals surface area contributed by atoms with Crippen molar-refractivity contribution in [1.82, 2.24) is 14.9 Å². The number of nitrogens with two attached hydrogens (primary N) is 1. The molecule has 2 aliphatic heterocycles. The molecule has 1 fully saturated rings. The first-order chi connectivity index (χ1) is 14.4. The van der Waals surface area contributed by atoms with E-state index >= 15 is 0 Å². The lowest BCUT2D eigenvalue weighted by Crippen LogP contribution is -2.34. The molecule has 1 saturated heterocycles. The topological polar surface area (TPSA) is 105 Å². The van der Waals surface area contributed by atoms with Crippen molar-refractivity contribution in [2.45, 2.75) is 13.8 Å². The molecule has 0 atom stereocenters. The number of ether oxygens (including phenoxy) is 1. The average Bonchev–Trinajstić information content (AvgIpc) is 2.94. The van der Waals surface area contributed by atoms with Crippen LogP contribution in [-0.2, 0) is 0 Å². The highest BCUT2D eigenvalue weighted by Gasteiger charge is 2.32. The van der Waals surface area contributed by atoms with E-state index in [1.54, 1.807) is 23.1 Å². The predicted molar refractivity (Wildman–Crippen MR) is 114 cm³/mol. The number of nitrogens with zero attached hydrogens (tertiary/aromatic N) is 5. The van der Waals surface area contributed by atoms with Crippen LogP contribution in [0, 0.1) is 5.92 Å². The summed E-state index contributed by atoms with van der Waals surface area (Å²) in [6.45, 7) is 6.65. The fraction of sp³-hybridized carbons (Fsp3) is 0.400. The van der Waals surface area contributed by atoms with Crippen molar-refractivity contribution in [1.29, 1.82) is 0 Å². The predicted octanol–water partition coefficient (Wildman–Crippen LogP) is 2.65. The third-order valence-electron chi connectivity index (χ3n) is 5.07. The van der Waals surface area contributed by atoms with Crippen LogP contribution < -0.4 is 20.3 Å². The van der Waals surface area contributed by atoms with E-state index < -0.39 is 0 Å². The summed E-state index contributed by atoms with van der Waals surface area (Å²) in [7, 11) is 0. The number of rotatable bonds is 4. The summed E-state index contributed by atoms with van der Waals surface area (Å²) in [5.41, 5.74) is 7.23. The summed E-state index contributed by atoms with van der Waals surface area (Å²) in [6, 6.07) is 5.15. The minimum atomic E-state index is -0.357. The third kappa shape index (κ3) is 3.60. The normalized spacial score (nSPS) is 16.7. The van der Waals surface area contributed by atoms with E-state index in [-0.39, 0.29) is 35.8 Å². The Morgan fingerprint density at radius 1 is 1.17 bits per heavy atom. The van der Waals surface area contributed by atoms with Crippen LogP contribution in [0.5, 0.6) is 5.88 Å². The molecule has 158 valence electrons. The van der Waals surface area contributed by atoms with Crippen LogP contribution in [0.25, 0.3) is 0 Å². The molecule has 4 rings (SSSR count). The zero-order valence-electron chi connectivity index (χ0n) is 16.8. The number of amides is 3. The van der Waals surface area contributed by atoms with Crippen molar-refractivity contribution in [2.75, 3.05) is 48.3 Å². The smallest absolute Gasteiger partial charge is 0.324 e. The van der Waals surface area contributed by atoms with Crippen molar-refractivity contribution in [3.63, 3.8) is 0 Å². The minimum Gasteiger partial charge on any atom is -0.475 e. The Bertz CT molecular complexity index is 999. The Balaban J connectivity index is 1.60. The second-order valence-electron chi connectivity index (χ2n) is 7.65. The van der Waals surface area contributed by atoms with Crippen molar-refractivity contribution < 1.29 is 14.3 Å². The van der Waals surface area contributed by atoms with Crippen molar-refractivity contribution in [3.8, 4) is 5.88 Å². The summed E-state index contributed by atoms with van der Waals surface area (Å²) in [5, 5.41) is 0.391. The van der Waals surface area contributed by atoms with Gasteiger partial charge in [0.05, 0.1) is 17.3 Å². The number of carbonyl (C=O) groups excluding carboxylic acids is 2. The number of nitrogen functional groups attached to an aromatic ring is 1. The van der Waals surface area contributed by atoms with Gasteiger partial charge in [0.2, 0.25) is 5.88 Å². The number of hydrogen-bond acceptors (Lipinski definition) is 6. The van der Waals surface area contributed by atoms with Crippen molar-refractivity contribution in [2.24, 2.45) is 5.92 Å². The highest BCUT2D eigenvalue weighted by Crippen LogP contribution is 2.34. The van der Waals surface area contributed by atoms with Crippen LogP contribution in [0.1, 0.15) is 24.2 Å². The molecule has 0 bridgehead atoms. The van der Waals surface area contributed by atoms with Gasteiger partial charge >= 0.3 is 6.03 Å². The summed E-state index contributed by atoms with van der Waals surface area (Å²) >= 11 is 6.54. The summed E-state index contributed by atoms with van der Waals surface area (Å²) in [5.74, 6) is 0.269. The van der Waals surface area contributed by atoms with E-state index in [0.717, 1.165) is 0 Å². The number of benzene rings is 1. The van der Waals surface area contributed by atoms with E-state index in [2.05, 4.69) is 23.8 Å². The molecule has 1 aromatic carbocycles. The van der Waals surface area contributed by atoms with Crippen LogP contribution >= 0.6 is 11.6 Å². The number of fused-ring (bicyclic) bond motifs is 1. The minimum absolute atomic E-state index is 0.0588. The molecule has 0 saturated carbocycles. The summed E-state index contributed by atoms with van der Waals surface area (Å²) in [4.78, 5) is 38.7. The highest BCUT2D eigenvalue weighted by molar-refractivity contribution is 6.34. The molecule has 2 N–H and O–H groups in total. The molecule has 9 nitrogen and oxygen atoms in total. The molecular formula is C20H23ClN6O3. The van der Waals surface area contributed by atoms with Gasteiger partial charge in [-0.1, -0.05) is 25.4 Å². The van der Waals surface area contributed by atoms with Crippen molar-refractivity contribution >= 4 is 40.7 Å². The van der Waals surface area contributed by atoms with E-state index in [4.69, 9.17) is 22.1 Å². The molecule has 3 heterocycles. The quantitative estimate of drug-likeness (QED) is 0.799. The molecule has 0 aliphatic carbocycles. The van der Waals surface area contributed by atoms with Gasteiger partial charge in [-0.15, -0.1) is 0 Å². The number of halogens is 1. The van der Waals surface area contributed by atoms with E-state index in [1.807, 2.05) is 4.90 Å². The van der Waals surface area contributed by atoms with Crippen LogP contribution in [-0.4, -0.2) is 59.6 Å². The Kier molecular flexibility index (Phi) is 5.38. The van der Waals surface area contributed by atoms with Gasteiger partial charge in [-0.3, -0.25) is 9.69 Å². The average molecular weight is 431 g/mol. The van der Waals surface area contributed by atoms with Crippen LogP contribution in [0.15, 0.2) is 24.5 Å². The Morgan fingerprint density at radius 2 is 1.97 bits per heavy atom. The zero-order chi connectivity index (χ0) is 21.4. The van der Waals surface area contributed by atoms with E-state index in [1.165, 1.54) is 11.2 Å². The molecule has 1 aromatic heterocycles. The lowest BCUT2D eigenvalue weighted by atomic mass is 10.2. The first kappa shape index (κ1) is 20.2. The first-order valence-corrected chi connectivity index (χ1v) is 10.2. The van der Waals surface area contributed by atoms with Gasteiger partial charge in [0.25, 0.3) is 5.91 Å². The molecule has 0 unspecified atom stereocenters. The van der Waals surface area contributed by atoms with E-state index in [9.17, 15) is 9.59 Å². The van der Waals surface area contributed by atoms with Gasteiger partial charge in [-0.25, -0.2) is 14.8 Å². The van der Waals surface area contributed by atoms with Crippen LogP contribution in [0.3, 0.4) is 0 Å². The maximum atomic E-state index is 13.1. The van der Waals surface area contributed by atoms with Crippen LogP contribution in [0.2, 0.25) is 5.02 Å². The Morgan fingerprint density at radius 3 is 2.70 bits per heavy atom. The Labute approximate surface area is 179 Å². The second-order valence-corrected chi connectivity index (χ2v) is 8.06. The number of urea groups is 1. The van der Waals surface area contributed by atoms with Gasteiger partial charge in [-0.05, 0) is 24.1 Å². The highest BCUT2D eigenvalue weighted by atomic mass is 35.5. The zero-order valence-corrected chi connectivity index (χ0v) is 17.6. The third-order valence-corrected chi connectivity index (χ3v) is 5.37.